The van der Waals surface area contributed by atoms with E-state index in [1.807, 2.05) is 32.0 Å². The number of aromatic nitrogens is 1. The maximum atomic E-state index is 13.7. The molecule has 1 aromatic carbocycles. The number of carbonyl (C=O) groups excluding carboxylic acids is 2. The molecule has 0 bridgehead atoms. The second-order valence-corrected chi connectivity index (χ2v) is 8.07. The summed E-state index contributed by atoms with van der Waals surface area (Å²) in [5, 5.41) is 3.18. The minimum absolute atomic E-state index is 0.135. The van der Waals surface area contributed by atoms with Crippen LogP contribution in [-0.2, 0) is 4.79 Å². The molecular weight excluding hydrogens is 390 g/mol. The SMILES string of the molecule is Cc1cccc(C)c1N(C(=O)c1ccco1)[C@H](C(=O)NC1CCCC1)c1ccncc1. The molecule has 1 atom stereocenters. The van der Waals surface area contributed by atoms with Crippen LogP contribution in [0.2, 0.25) is 0 Å². The maximum Gasteiger partial charge on any atom is 0.294 e. The van der Waals surface area contributed by atoms with E-state index in [-0.39, 0.29) is 23.6 Å². The first-order chi connectivity index (χ1) is 15.1. The lowest BCUT2D eigenvalue weighted by atomic mass is 10.00. The van der Waals surface area contributed by atoms with Crippen molar-refractivity contribution >= 4 is 17.5 Å². The lowest BCUT2D eigenvalue weighted by Gasteiger charge is -2.33. The van der Waals surface area contributed by atoms with Crippen LogP contribution in [-0.4, -0.2) is 22.8 Å². The molecule has 1 N–H and O–H groups in total. The molecule has 31 heavy (non-hydrogen) atoms. The van der Waals surface area contributed by atoms with Crippen LogP contribution in [0.3, 0.4) is 0 Å². The second-order valence-electron chi connectivity index (χ2n) is 8.07. The van der Waals surface area contributed by atoms with E-state index in [2.05, 4.69) is 10.3 Å². The Morgan fingerprint density at radius 3 is 2.32 bits per heavy atom. The van der Waals surface area contributed by atoms with Crippen LogP contribution >= 0.6 is 0 Å². The van der Waals surface area contributed by atoms with Gasteiger partial charge in [0.25, 0.3) is 5.91 Å². The number of pyridine rings is 1. The number of hydrogen-bond donors (Lipinski definition) is 1. The second kappa shape index (κ2) is 9.16. The zero-order valence-corrected chi connectivity index (χ0v) is 17.9. The highest BCUT2D eigenvalue weighted by atomic mass is 16.3. The van der Waals surface area contributed by atoms with E-state index in [0.717, 1.165) is 36.8 Å². The summed E-state index contributed by atoms with van der Waals surface area (Å²) in [4.78, 5) is 33.0. The highest BCUT2D eigenvalue weighted by Gasteiger charge is 2.37. The Bertz CT molecular complexity index is 1020. The van der Waals surface area contributed by atoms with Crippen LogP contribution in [0, 0.1) is 13.8 Å². The van der Waals surface area contributed by atoms with E-state index in [4.69, 9.17) is 4.42 Å². The Kier molecular flexibility index (Phi) is 6.16. The molecule has 0 saturated heterocycles. The van der Waals surface area contributed by atoms with E-state index in [9.17, 15) is 9.59 Å². The third-order valence-corrected chi connectivity index (χ3v) is 5.86. The lowest BCUT2D eigenvalue weighted by molar-refractivity contribution is -0.123. The molecule has 0 spiro atoms. The van der Waals surface area contributed by atoms with Crippen molar-refractivity contribution in [2.75, 3.05) is 4.90 Å². The summed E-state index contributed by atoms with van der Waals surface area (Å²) >= 11 is 0. The number of hydrogen-bond acceptors (Lipinski definition) is 4. The van der Waals surface area contributed by atoms with Gasteiger partial charge >= 0.3 is 0 Å². The third-order valence-electron chi connectivity index (χ3n) is 5.86. The number of furan rings is 1. The van der Waals surface area contributed by atoms with Crippen molar-refractivity contribution < 1.29 is 14.0 Å². The molecule has 0 unspecified atom stereocenters. The first-order valence-corrected chi connectivity index (χ1v) is 10.7. The number of aryl methyl sites for hydroxylation is 2. The molecule has 0 radical (unpaired) electrons. The number of carbonyl (C=O) groups is 2. The van der Waals surface area contributed by atoms with Crippen LogP contribution in [0.25, 0.3) is 0 Å². The zero-order chi connectivity index (χ0) is 21.8. The molecule has 2 aromatic heterocycles. The normalized spacial score (nSPS) is 14.9. The number of benzene rings is 1. The molecule has 6 heteroatoms. The first-order valence-electron chi connectivity index (χ1n) is 10.7. The number of anilines is 1. The molecule has 4 rings (SSSR count). The summed E-state index contributed by atoms with van der Waals surface area (Å²) in [7, 11) is 0. The Morgan fingerprint density at radius 2 is 1.71 bits per heavy atom. The van der Waals surface area contributed by atoms with Gasteiger partial charge in [-0.1, -0.05) is 31.0 Å². The van der Waals surface area contributed by atoms with E-state index in [0.29, 0.717) is 11.3 Å². The fraction of sp³-hybridized carbons (Fsp3) is 0.320. The zero-order valence-electron chi connectivity index (χ0n) is 17.9. The van der Waals surface area contributed by atoms with Gasteiger partial charge in [0.15, 0.2) is 5.76 Å². The Labute approximate surface area is 182 Å². The summed E-state index contributed by atoms with van der Waals surface area (Å²) in [5.74, 6) is -0.359. The van der Waals surface area contributed by atoms with Gasteiger partial charge in [0.2, 0.25) is 5.91 Å². The van der Waals surface area contributed by atoms with Gasteiger partial charge in [0.05, 0.1) is 12.0 Å². The van der Waals surface area contributed by atoms with Crippen molar-refractivity contribution in [2.45, 2.75) is 51.6 Å². The minimum Gasteiger partial charge on any atom is -0.459 e. The highest BCUT2D eigenvalue weighted by molar-refractivity contribution is 6.09. The maximum absolute atomic E-state index is 13.7. The van der Waals surface area contributed by atoms with Crippen molar-refractivity contribution in [3.63, 3.8) is 0 Å². The number of nitrogens with one attached hydrogen (secondary N) is 1. The van der Waals surface area contributed by atoms with Gasteiger partial charge in [-0.3, -0.25) is 19.5 Å². The van der Waals surface area contributed by atoms with Crippen molar-refractivity contribution in [2.24, 2.45) is 0 Å². The van der Waals surface area contributed by atoms with E-state index >= 15 is 0 Å². The van der Waals surface area contributed by atoms with Crippen LogP contribution < -0.4 is 10.2 Å². The predicted octanol–water partition coefficient (Wildman–Crippen LogP) is 4.74. The van der Waals surface area contributed by atoms with Crippen LogP contribution in [0.1, 0.15) is 59.0 Å². The van der Waals surface area contributed by atoms with Crippen LogP contribution in [0.5, 0.6) is 0 Å². The molecule has 3 aromatic rings. The summed E-state index contributed by atoms with van der Waals surface area (Å²) in [6.45, 7) is 3.90. The summed E-state index contributed by atoms with van der Waals surface area (Å²) in [6.07, 6.45) is 8.90. The van der Waals surface area contributed by atoms with Gasteiger partial charge in [0, 0.05) is 18.4 Å². The summed E-state index contributed by atoms with van der Waals surface area (Å²) in [6, 6.07) is 12.0. The Morgan fingerprint density at radius 1 is 1.03 bits per heavy atom. The van der Waals surface area contributed by atoms with E-state index in [1.54, 1.807) is 41.6 Å². The molecule has 160 valence electrons. The van der Waals surface area contributed by atoms with E-state index < -0.39 is 6.04 Å². The molecule has 1 aliphatic carbocycles. The quantitative estimate of drug-likeness (QED) is 0.629. The molecular formula is C25H27N3O3. The van der Waals surface area contributed by atoms with Gasteiger partial charge in [-0.25, -0.2) is 0 Å². The summed E-state index contributed by atoms with van der Waals surface area (Å²) in [5.41, 5.74) is 3.24. The van der Waals surface area contributed by atoms with Crippen LogP contribution in [0.15, 0.2) is 65.5 Å². The van der Waals surface area contributed by atoms with Crippen molar-refractivity contribution in [1.82, 2.24) is 10.3 Å². The molecule has 2 heterocycles. The molecule has 1 aliphatic rings. The standard InChI is InChI=1S/C25H27N3O3/c1-17-7-5-8-18(2)22(17)28(25(30)21-11-6-16-31-21)23(19-12-14-26-15-13-19)24(29)27-20-9-3-4-10-20/h5-8,11-16,20,23H,3-4,9-10H2,1-2H3,(H,27,29)/t23-/m0/s1. The average molecular weight is 418 g/mol. The molecule has 0 aliphatic heterocycles. The Hall–Kier alpha value is -3.41. The van der Waals surface area contributed by atoms with Crippen molar-refractivity contribution in [1.29, 1.82) is 0 Å². The third kappa shape index (κ3) is 4.38. The molecule has 6 nitrogen and oxygen atoms in total. The fourth-order valence-corrected chi connectivity index (χ4v) is 4.37. The van der Waals surface area contributed by atoms with Gasteiger partial charge in [0.1, 0.15) is 6.04 Å². The highest BCUT2D eigenvalue weighted by Crippen LogP contribution is 2.35. The van der Waals surface area contributed by atoms with Gasteiger partial charge in [-0.2, -0.15) is 0 Å². The monoisotopic (exact) mass is 417 g/mol. The number of rotatable bonds is 6. The lowest BCUT2D eigenvalue weighted by Crippen LogP contribution is -2.46. The summed E-state index contributed by atoms with van der Waals surface area (Å²) < 4.78 is 5.44. The predicted molar refractivity (Wildman–Crippen MR) is 119 cm³/mol. The van der Waals surface area contributed by atoms with Crippen molar-refractivity contribution in [3.8, 4) is 0 Å². The molecule has 1 saturated carbocycles. The Balaban J connectivity index is 1.85. The average Bonchev–Trinajstić information content (AvgIpc) is 3.47. The number of nitrogens with zero attached hydrogens (tertiary/aromatic N) is 2. The molecule has 2 amide bonds. The number of amides is 2. The van der Waals surface area contributed by atoms with Gasteiger partial charge < -0.3 is 9.73 Å². The topological polar surface area (TPSA) is 75.4 Å². The van der Waals surface area contributed by atoms with E-state index in [1.165, 1.54) is 6.26 Å². The van der Waals surface area contributed by atoms with Crippen molar-refractivity contribution in [3.05, 3.63) is 83.6 Å². The molecule has 1 fully saturated rings. The smallest absolute Gasteiger partial charge is 0.294 e. The van der Waals surface area contributed by atoms with Crippen LogP contribution in [0.4, 0.5) is 5.69 Å². The minimum atomic E-state index is -0.846. The largest absolute Gasteiger partial charge is 0.459 e. The number of para-hydroxylation sites is 1. The van der Waals surface area contributed by atoms with Gasteiger partial charge in [-0.15, -0.1) is 0 Å². The fourth-order valence-electron chi connectivity index (χ4n) is 4.37. The van der Waals surface area contributed by atoms with Gasteiger partial charge in [-0.05, 0) is 67.6 Å². The first kappa shape index (κ1) is 20.8.